The Labute approximate surface area is 148 Å². The summed E-state index contributed by atoms with van der Waals surface area (Å²) >= 11 is 5.86. The average molecular weight is 382 g/mol. The summed E-state index contributed by atoms with van der Waals surface area (Å²) in [5.74, 6) is -0.181. The number of nitrogens with one attached hydrogen (secondary N) is 1. The molecular formula is C14H21Cl2N3O3S. The molecule has 1 aliphatic rings. The molecule has 0 spiro atoms. The SMILES string of the molecule is Cc1cc(Cl)ccc1S(=O)(=O)N(C)CC(=O)N1CCNCC1.Cl. The van der Waals surface area contributed by atoms with Crippen molar-refractivity contribution in [3.8, 4) is 0 Å². The number of piperazine rings is 1. The quantitative estimate of drug-likeness (QED) is 0.848. The summed E-state index contributed by atoms with van der Waals surface area (Å²) < 4.78 is 26.3. The molecular weight excluding hydrogens is 361 g/mol. The highest BCUT2D eigenvalue weighted by molar-refractivity contribution is 7.89. The summed E-state index contributed by atoms with van der Waals surface area (Å²) in [5, 5.41) is 3.64. The van der Waals surface area contributed by atoms with Crippen molar-refractivity contribution in [1.29, 1.82) is 0 Å². The zero-order chi connectivity index (χ0) is 16.3. The number of benzene rings is 1. The Balaban J connectivity index is 0.00000264. The van der Waals surface area contributed by atoms with Gasteiger partial charge in [0.05, 0.1) is 11.4 Å². The van der Waals surface area contributed by atoms with Gasteiger partial charge in [-0.1, -0.05) is 11.6 Å². The van der Waals surface area contributed by atoms with Crippen molar-refractivity contribution in [2.75, 3.05) is 39.8 Å². The molecule has 6 nitrogen and oxygen atoms in total. The number of halogens is 2. The number of sulfonamides is 1. The fourth-order valence-electron chi connectivity index (χ4n) is 2.36. The second kappa shape index (κ2) is 8.30. The number of hydrogen-bond donors (Lipinski definition) is 1. The molecule has 1 heterocycles. The van der Waals surface area contributed by atoms with Gasteiger partial charge < -0.3 is 10.2 Å². The maximum absolute atomic E-state index is 12.6. The smallest absolute Gasteiger partial charge is 0.243 e. The Kier molecular flexibility index (Phi) is 7.29. The number of nitrogens with zero attached hydrogens (tertiary/aromatic N) is 2. The fourth-order valence-corrected chi connectivity index (χ4v) is 3.91. The highest BCUT2D eigenvalue weighted by Crippen LogP contribution is 2.22. The Morgan fingerprint density at radius 1 is 1.35 bits per heavy atom. The standard InChI is InChI=1S/C14H20ClN3O3S.ClH/c1-11-9-12(15)3-4-13(11)22(20,21)17(2)10-14(19)18-7-5-16-6-8-18;/h3-4,9,16H,5-8,10H2,1-2H3;1H. The molecule has 1 amide bonds. The maximum atomic E-state index is 12.6. The molecule has 0 aliphatic carbocycles. The Bertz CT molecular complexity index is 661. The third kappa shape index (κ3) is 4.81. The van der Waals surface area contributed by atoms with Gasteiger partial charge >= 0.3 is 0 Å². The Hall–Kier alpha value is -0.860. The molecule has 2 rings (SSSR count). The average Bonchev–Trinajstić information content (AvgIpc) is 2.47. The van der Waals surface area contributed by atoms with E-state index >= 15 is 0 Å². The lowest BCUT2D eigenvalue weighted by Crippen LogP contribution is -2.49. The van der Waals surface area contributed by atoms with Crippen molar-refractivity contribution in [3.63, 3.8) is 0 Å². The lowest BCUT2D eigenvalue weighted by atomic mass is 10.2. The van der Waals surface area contributed by atoms with Crippen LogP contribution in [0.5, 0.6) is 0 Å². The van der Waals surface area contributed by atoms with Crippen LogP contribution in [0.3, 0.4) is 0 Å². The van der Waals surface area contributed by atoms with E-state index in [0.717, 1.165) is 17.4 Å². The highest BCUT2D eigenvalue weighted by atomic mass is 35.5. The molecule has 1 aromatic rings. The molecule has 0 unspecified atom stereocenters. The van der Waals surface area contributed by atoms with Crippen LogP contribution in [0.25, 0.3) is 0 Å². The maximum Gasteiger partial charge on any atom is 0.243 e. The van der Waals surface area contributed by atoms with Crippen molar-refractivity contribution in [2.24, 2.45) is 0 Å². The summed E-state index contributed by atoms with van der Waals surface area (Å²) in [6, 6.07) is 4.60. The van der Waals surface area contributed by atoms with Crippen LogP contribution >= 0.6 is 24.0 Å². The third-order valence-corrected chi connectivity index (χ3v) is 5.85. The molecule has 23 heavy (non-hydrogen) atoms. The van der Waals surface area contributed by atoms with Crippen LogP contribution in [-0.4, -0.2) is 63.3 Å². The lowest BCUT2D eigenvalue weighted by molar-refractivity contribution is -0.131. The van der Waals surface area contributed by atoms with Gasteiger partial charge in [-0.25, -0.2) is 8.42 Å². The monoisotopic (exact) mass is 381 g/mol. The van der Waals surface area contributed by atoms with Crippen LogP contribution in [0, 0.1) is 6.92 Å². The first-order valence-corrected chi connectivity index (χ1v) is 8.85. The number of aryl methyl sites for hydroxylation is 1. The molecule has 1 saturated heterocycles. The Morgan fingerprint density at radius 2 is 1.96 bits per heavy atom. The summed E-state index contributed by atoms with van der Waals surface area (Å²) in [4.78, 5) is 14.0. The van der Waals surface area contributed by atoms with Gasteiger partial charge in [0.2, 0.25) is 15.9 Å². The summed E-state index contributed by atoms with van der Waals surface area (Å²) in [7, 11) is -2.29. The second-order valence-corrected chi connectivity index (χ2v) is 7.75. The zero-order valence-corrected chi connectivity index (χ0v) is 15.5. The number of carbonyl (C=O) groups is 1. The molecule has 1 fully saturated rings. The molecule has 9 heteroatoms. The predicted octanol–water partition coefficient (Wildman–Crippen LogP) is 1.12. The second-order valence-electron chi connectivity index (χ2n) is 5.30. The van der Waals surface area contributed by atoms with Crippen molar-refractivity contribution in [3.05, 3.63) is 28.8 Å². The van der Waals surface area contributed by atoms with E-state index in [4.69, 9.17) is 11.6 Å². The highest BCUT2D eigenvalue weighted by Gasteiger charge is 2.27. The third-order valence-electron chi connectivity index (χ3n) is 3.65. The van der Waals surface area contributed by atoms with Gasteiger partial charge in [0.25, 0.3) is 0 Å². The normalized spacial score (nSPS) is 15.4. The summed E-state index contributed by atoms with van der Waals surface area (Å²) in [6.07, 6.45) is 0. The van der Waals surface area contributed by atoms with E-state index in [1.165, 1.54) is 19.2 Å². The van der Waals surface area contributed by atoms with Crippen LogP contribution in [0.15, 0.2) is 23.1 Å². The number of rotatable bonds is 4. The summed E-state index contributed by atoms with van der Waals surface area (Å²) in [5.41, 5.74) is 0.564. The Morgan fingerprint density at radius 3 is 2.52 bits per heavy atom. The molecule has 0 aromatic heterocycles. The zero-order valence-electron chi connectivity index (χ0n) is 13.1. The minimum Gasteiger partial charge on any atom is -0.339 e. The number of likely N-dealkylation sites (N-methyl/N-ethyl adjacent to an activating group) is 1. The van der Waals surface area contributed by atoms with Gasteiger partial charge in [0, 0.05) is 38.2 Å². The van der Waals surface area contributed by atoms with Gasteiger partial charge in [-0.15, -0.1) is 12.4 Å². The number of amides is 1. The van der Waals surface area contributed by atoms with Crippen molar-refractivity contribution in [2.45, 2.75) is 11.8 Å². The van der Waals surface area contributed by atoms with Crippen LogP contribution in [0.2, 0.25) is 5.02 Å². The molecule has 130 valence electrons. The van der Waals surface area contributed by atoms with Crippen LogP contribution in [-0.2, 0) is 14.8 Å². The van der Waals surface area contributed by atoms with Crippen molar-refractivity contribution in [1.82, 2.24) is 14.5 Å². The van der Waals surface area contributed by atoms with Crippen LogP contribution in [0.4, 0.5) is 0 Å². The molecule has 0 bridgehead atoms. The van der Waals surface area contributed by atoms with E-state index in [9.17, 15) is 13.2 Å². The van der Waals surface area contributed by atoms with E-state index < -0.39 is 10.0 Å². The molecule has 0 saturated carbocycles. The van der Waals surface area contributed by atoms with Gasteiger partial charge in [0.1, 0.15) is 0 Å². The molecule has 0 atom stereocenters. The van der Waals surface area contributed by atoms with Crippen molar-refractivity contribution < 1.29 is 13.2 Å². The minimum absolute atomic E-state index is 0. The molecule has 1 aromatic carbocycles. The van der Waals surface area contributed by atoms with E-state index in [1.807, 2.05) is 0 Å². The first kappa shape index (κ1) is 20.2. The lowest BCUT2D eigenvalue weighted by Gasteiger charge is -2.29. The first-order valence-electron chi connectivity index (χ1n) is 7.03. The topological polar surface area (TPSA) is 69.7 Å². The summed E-state index contributed by atoms with van der Waals surface area (Å²) in [6.45, 7) is 4.20. The first-order chi connectivity index (χ1) is 10.3. The van der Waals surface area contributed by atoms with Gasteiger partial charge in [0.15, 0.2) is 0 Å². The molecule has 1 aliphatic heterocycles. The van der Waals surface area contributed by atoms with Crippen LogP contribution < -0.4 is 5.32 Å². The largest absolute Gasteiger partial charge is 0.339 e. The van der Waals surface area contributed by atoms with Gasteiger partial charge in [-0.2, -0.15) is 4.31 Å². The number of carbonyl (C=O) groups excluding carboxylic acids is 1. The molecule has 1 N–H and O–H groups in total. The fraction of sp³-hybridized carbons (Fsp3) is 0.500. The minimum atomic E-state index is -3.71. The predicted molar refractivity (Wildman–Crippen MR) is 92.7 cm³/mol. The molecule has 0 radical (unpaired) electrons. The van der Waals surface area contributed by atoms with Gasteiger partial charge in [-0.3, -0.25) is 4.79 Å². The van der Waals surface area contributed by atoms with E-state index in [2.05, 4.69) is 5.32 Å². The van der Waals surface area contributed by atoms with Gasteiger partial charge in [-0.05, 0) is 30.7 Å². The van der Waals surface area contributed by atoms with Crippen molar-refractivity contribution >= 4 is 39.9 Å². The van der Waals surface area contributed by atoms with Crippen LogP contribution in [0.1, 0.15) is 5.56 Å². The number of hydrogen-bond acceptors (Lipinski definition) is 4. The van der Waals surface area contributed by atoms with E-state index in [0.29, 0.717) is 23.7 Å². The van der Waals surface area contributed by atoms with E-state index in [-0.39, 0.29) is 29.8 Å². The van der Waals surface area contributed by atoms with E-state index in [1.54, 1.807) is 17.9 Å².